The van der Waals surface area contributed by atoms with Crippen LogP contribution in [0.3, 0.4) is 0 Å². The molecule has 2 fully saturated rings. The van der Waals surface area contributed by atoms with Crippen molar-refractivity contribution in [2.75, 3.05) is 13.1 Å². The Morgan fingerprint density at radius 1 is 1.40 bits per heavy atom. The van der Waals surface area contributed by atoms with Gasteiger partial charge in [-0.3, -0.25) is 4.79 Å². The van der Waals surface area contributed by atoms with E-state index in [4.69, 9.17) is 18.0 Å². The lowest BCUT2D eigenvalue weighted by Gasteiger charge is -2.24. The normalized spacial score (nSPS) is 32.2. The van der Waals surface area contributed by atoms with E-state index in [2.05, 4.69) is 0 Å². The van der Waals surface area contributed by atoms with Gasteiger partial charge in [0.25, 0.3) is 0 Å². The maximum atomic E-state index is 12.1. The molecule has 0 aromatic heterocycles. The minimum Gasteiger partial charge on any atom is -0.392 e. The SMILES string of the molecule is CCN(CC(N)=S)C(=O)C1CC2CC2C1. The number of nitrogens with zero attached hydrogens (tertiary/aromatic N) is 1. The van der Waals surface area contributed by atoms with E-state index in [9.17, 15) is 4.79 Å². The number of carbonyl (C=O) groups excluding carboxylic acids is 1. The summed E-state index contributed by atoms with van der Waals surface area (Å²) in [5.41, 5.74) is 5.48. The maximum Gasteiger partial charge on any atom is 0.226 e. The first-order valence-electron chi connectivity index (χ1n) is 5.69. The van der Waals surface area contributed by atoms with Crippen LogP contribution in [0.4, 0.5) is 0 Å². The Morgan fingerprint density at radius 2 is 2.00 bits per heavy atom. The molecule has 0 spiro atoms. The zero-order valence-corrected chi connectivity index (χ0v) is 9.93. The molecule has 2 aliphatic carbocycles. The predicted molar refractivity (Wildman–Crippen MR) is 63.4 cm³/mol. The molecule has 0 heterocycles. The molecular formula is C11H18N2OS. The molecule has 0 bridgehead atoms. The molecule has 0 radical (unpaired) electrons. The van der Waals surface area contributed by atoms with Crippen molar-refractivity contribution in [1.82, 2.24) is 4.90 Å². The molecule has 84 valence electrons. The van der Waals surface area contributed by atoms with Crippen molar-refractivity contribution in [3.05, 3.63) is 0 Å². The van der Waals surface area contributed by atoms with Crippen molar-refractivity contribution < 1.29 is 4.79 Å². The number of amides is 1. The van der Waals surface area contributed by atoms with Gasteiger partial charge in [0.15, 0.2) is 0 Å². The Hall–Kier alpha value is -0.640. The predicted octanol–water partition coefficient (Wildman–Crippen LogP) is 1.17. The highest BCUT2D eigenvalue weighted by Crippen LogP contribution is 2.54. The van der Waals surface area contributed by atoms with Crippen molar-refractivity contribution >= 4 is 23.1 Å². The summed E-state index contributed by atoms with van der Waals surface area (Å²) < 4.78 is 0. The second kappa shape index (κ2) is 4.08. The van der Waals surface area contributed by atoms with E-state index in [1.807, 2.05) is 6.92 Å². The second-order valence-corrected chi connectivity index (χ2v) is 5.27. The van der Waals surface area contributed by atoms with E-state index in [1.54, 1.807) is 4.90 Å². The molecule has 2 atom stereocenters. The molecule has 2 aliphatic rings. The fourth-order valence-corrected chi connectivity index (χ4v) is 2.86. The molecule has 2 unspecified atom stereocenters. The second-order valence-electron chi connectivity index (χ2n) is 4.74. The first-order valence-corrected chi connectivity index (χ1v) is 6.09. The van der Waals surface area contributed by atoms with Gasteiger partial charge >= 0.3 is 0 Å². The number of nitrogens with two attached hydrogens (primary N) is 1. The van der Waals surface area contributed by atoms with Gasteiger partial charge in [0.05, 0.1) is 11.5 Å². The summed E-state index contributed by atoms with van der Waals surface area (Å²) in [5.74, 6) is 2.21. The number of carbonyl (C=O) groups is 1. The monoisotopic (exact) mass is 226 g/mol. The van der Waals surface area contributed by atoms with Gasteiger partial charge < -0.3 is 10.6 Å². The summed E-state index contributed by atoms with van der Waals surface area (Å²) in [6.45, 7) is 3.13. The minimum absolute atomic E-state index is 0.253. The number of likely N-dealkylation sites (N-methyl/N-ethyl adjacent to an activating group) is 1. The highest BCUT2D eigenvalue weighted by Gasteiger charge is 2.48. The third kappa shape index (κ3) is 2.30. The van der Waals surface area contributed by atoms with Crippen molar-refractivity contribution in [1.29, 1.82) is 0 Å². The van der Waals surface area contributed by atoms with Gasteiger partial charge in [0, 0.05) is 12.5 Å². The number of fused-ring (bicyclic) bond motifs is 1. The highest BCUT2D eigenvalue weighted by molar-refractivity contribution is 7.80. The van der Waals surface area contributed by atoms with E-state index in [-0.39, 0.29) is 11.8 Å². The summed E-state index contributed by atoms with van der Waals surface area (Å²) in [6.07, 6.45) is 3.54. The average molecular weight is 226 g/mol. The van der Waals surface area contributed by atoms with Crippen molar-refractivity contribution in [3.63, 3.8) is 0 Å². The van der Waals surface area contributed by atoms with Crippen molar-refractivity contribution in [2.45, 2.75) is 26.2 Å². The average Bonchev–Trinajstić information content (AvgIpc) is 2.81. The molecule has 15 heavy (non-hydrogen) atoms. The molecular weight excluding hydrogens is 208 g/mol. The molecule has 2 N–H and O–H groups in total. The third-order valence-electron chi connectivity index (χ3n) is 3.63. The Bertz CT molecular complexity index is 282. The van der Waals surface area contributed by atoms with Crippen LogP contribution in [-0.4, -0.2) is 28.9 Å². The quantitative estimate of drug-likeness (QED) is 0.732. The van der Waals surface area contributed by atoms with Gasteiger partial charge in [-0.2, -0.15) is 0 Å². The number of hydrogen-bond donors (Lipinski definition) is 1. The first-order chi connectivity index (χ1) is 7.11. The number of hydrogen-bond acceptors (Lipinski definition) is 2. The lowest BCUT2D eigenvalue weighted by Crippen LogP contribution is -2.40. The molecule has 1 amide bonds. The van der Waals surface area contributed by atoms with E-state index in [0.29, 0.717) is 18.1 Å². The van der Waals surface area contributed by atoms with Gasteiger partial charge in [-0.05, 0) is 38.0 Å². The van der Waals surface area contributed by atoms with Gasteiger partial charge in [-0.25, -0.2) is 0 Å². The van der Waals surface area contributed by atoms with Crippen molar-refractivity contribution in [3.8, 4) is 0 Å². The fourth-order valence-electron chi connectivity index (χ4n) is 2.71. The number of thiocarbonyl (C=S) groups is 1. The Kier molecular flexibility index (Phi) is 2.96. The summed E-state index contributed by atoms with van der Waals surface area (Å²) in [4.78, 5) is 14.3. The van der Waals surface area contributed by atoms with Gasteiger partial charge in [0.1, 0.15) is 0 Å². The van der Waals surface area contributed by atoms with E-state index in [0.717, 1.165) is 24.7 Å². The van der Waals surface area contributed by atoms with Crippen LogP contribution in [-0.2, 0) is 4.79 Å². The standard InChI is InChI=1S/C11H18N2OS/c1-2-13(6-10(12)15)11(14)9-4-7-3-8(7)5-9/h7-9H,2-6H2,1H3,(H2,12,15). The summed E-state index contributed by atoms with van der Waals surface area (Å²) >= 11 is 4.85. The van der Waals surface area contributed by atoms with Gasteiger partial charge in [-0.1, -0.05) is 12.2 Å². The highest BCUT2D eigenvalue weighted by atomic mass is 32.1. The van der Waals surface area contributed by atoms with Crippen LogP contribution in [0, 0.1) is 17.8 Å². The molecule has 0 aromatic carbocycles. The molecule has 2 rings (SSSR count). The van der Waals surface area contributed by atoms with E-state index < -0.39 is 0 Å². The smallest absolute Gasteiger partial charge is 0.226 e. The molecule has 0 aliphatic heterocycles. The lowest BCUT2D eigenvalue weighted by atomic mass is 10.0. The van der Waals surface area contributed by atoms with Crippen LogP contribution in [0.1, 0.15) is 26.2 Å². The molecule has 0 aromatic rings. The third-order valence-corrected chi connectivity index (χ3v) is 3.76. The maximum absolute atomic E-state index is 12.1. The van der Waals surface area contributed by atoms with E-state index >= 15 is 0 Å². The fraction of sp³-hybridized carbons (Fsp3) is 0.818. The zero-order valence-electron chi connectivity index (χ0n) is 9.11. The summed E-state index contributed by atoms with van der Waals surface area (Å²) in [5, 5.41) is 0. The largest absolute Gasteiger partial charge is 0.392 e. The van der Waals surface area contributed by atoms with Crippen LogP contribution in [0.15, 0.2) is 0 Å². The topological polar surface area (TPSA) is 46.3 Å². The Balaban J connectivity index is 1.89. The first kappa shape index (κ1) is 10.9. The Morgan fingerprint density at radius 3 is 2.47 bits per heavy atom. The number of rotatable bonds is 4. The molecule has 0 saturated heterocycles. The lowest BCUT2D eigenvalue weighted by molar-refractivity contribution is -0.134. The van der Waals surface area contributed by atoms with Crippen LogP contribution < -0.4 is 5.73 Å². The zero-order chi connectivity index (χ0) is 11.0. The van der Waals surface area contributed by atoms with Gasteiger partial charge in [0.2, 0.25) is 5.91 Å². The van der Waals surface area contributed by atoms with Crippen LogP contribution in [0.2, 0.25) is 0 Å². The van der Waals surface area contributed by atoms with Gasteiger partial charge in [-0.15, -0.1) is 0 Å². The van der Waals surface area contributed by atoms with E-state index in [1.165, 1.54) is 6.42 Å². The molecule has 4 heteroatoms. The molecule has 2 saturated carbocycles. The summed E-state index contributed by atoms with van der Waals surface area (Å²) in [7, 11) is 0. The van der Waals surface area contributed by atoms with Crippen LogP contribution in [0.5, 0.6) is 0 Å². The molecule has 3 nitrogen and oxygen atoms in total. The van der Waals surface area contributed by atoms with Crippen LogP contribution >= 0.6 is 12.2 Å². The minimum atomic E-state index is 0.253. The summed E-state index contributed by atoms with van der Waals surface area (Å²) in [6, 6.07) is 0. The van der Waals surface area contributed by atoms with Crippen molar-refractivity contribution in [2.24, 2.45) is 23.5 Å². The van der Waals surface area contributed by atoms with Crippen LogP contribution in [0.25, 0.3) is 0 Å². The Labute approximate surface area is 96.0 Å².